The number of carbonyl (C=O) groups excluding carboxylic acids is 1. The summed E-state index contributed by atoms with van der Waals surface area (Å²) < 4.78 is 6.72. The third kappa shape index (κ3) is 9.55. The highest BCUT2D eigenvalue weighted by atomic mass is 79.9. The average Bonchev–Trinajstić information content (AvgIpc) is 3.24. The lowest BCUT2D eigenvalue weighted by molar-refractivity contribution is -0.929. The Labute approximate surface area is 269 Å². The summed E-state index contributed by atoms with van der Waals surface area (Å²) in [5.74, 6) is 0.993. The molecule has 0 spiro atoms. The molecule has 2 aliphatic heterocycles. The lowest BCUT2D eigenvalue weighted by atomic mass is 9.87. The van der Waals surface area contributed by atoms with Gasteiger partial charge in [-0.1, -0.05) is 83.3 Å². The fraction of sp³-hybridized carbons (Fsp3) is 0.647. The summed E-state index contributed by atoms with van der Waals surface area (Å²) >= 11 is 1.78. The van der Waals surface area contributed by atoms with E-state index in [-0.39, 0.29) is 23.0 Å². The molecule has 6 nitrogen and oxygen atoms in total. The van der Waals surface area contributed by atoms with E-state index in [1.807, 2.05) is 6.07 Å². The number of amidine groups is 1. The van der Waals surface area contributed by atoms with Crippen LogP contribution in [0.2, 0.25) is 0 Å². The lowest BCUT2D eigenvalue weighted by Crippen LogP contribution is -3.00. The van der Waals surface area contributed by atoms with Crippen molar-refractivity contribution >= 4 is 39.5 Å². The molecule has 2 aliphatic rings. The number of benzene rings is 1. The van der Waals surface area contributed by atoms with E-state index in [0.29, 0.717) is 6.73 Å². The molecule has 1 aromatic heterocycles. The number of aryl methyl sites for hydroxylation is 1. The molecule has 42 heavy (non-hydrogen) atoms. The number of ether oxygens (including phenoxy) is 1. The third-order valence-corrected chi connectivity index (χ3v) is 9.77. The standard InChI is InChI=1S/C34H53N4O2S.BrH/c1-6-7-8-9-10-11-12-13-14-17-20-34(3,4)33(39)40-26-38(5)23-21-37(22-24-38)31-28-25-27(2)41-32(28)36-30-19-16-15-18-29(30)35-31;/h15-16,18-19,25,36H,6-14,17,20-24,26H2,1-5H3;1H/q+1;/p-1. The molecule has 0 unspecified atom stereocenters. The molecule has 1 saturated heterocycles. The van der Waals surface area contributed by atoms with Crippen molar-refractivity contribution in [2.75, 3.05) is 45.3 Å². The van der Waals surface area contributed by atoms with Crippen LogP contribution >= 0.6 is 11.3 Å². The highest BCUT2D eigenvalue weighted by molar-refractivity contribution is 7.16. The number of esters is 1. The first kappa shape index (κ1) is 34.6. The number of likely N-dealkylation sites (N-methyl/N-ethyl adjacent to an activating group) is 1. The summed E-state index contributed by atoms with van der Waals surface area (Å²) in [4.78, 5) is 21.9. The zero-order chi connectivity index (χ0) is 29.3. The van der Waals surface area contributed by atoms with Gasteiger partial charge in [-0.25, -0.2) is 4.99 Å². The maximum absolute atomic E-state index is 13.1. The zero-order valence-corrected chi connectivity index (χ0v) is 29.0. The van der Waals surface area contributed by atoms with Crippen LogP contribution in [0.3, 0.4) is 0 Å². The molecule has 234 valence electrons. The Hall–Kier alpha value is -1.90. The van der Waals surface area contributed by atoms with Gasteiger partial charge in [0.25, 0.3) is 0 Å². The Morgan fingerprint density at radius 1 is 1.02 bits per heavy atom. The lowest BCUT2D eigenvalue weighted by Gasteiger charge is -2.42. The van der Waals surface area contributed by atoms with Crippen molar-refractivity contribution in [1.82, 2.24) is 4.90 Å². The predicted molar refractivity (Wildman–Crippen MR) is 174 cm³/mol. The summed E-state index contributed by atoms with van der Waals surface area (Å²) in [6.45, 7) is 12.6. The molecule has 4 rings (SSSR count). The Kier molecular flexibility index (Phi) is 13.4. The van der Waals surface area contributed by atoms with Gasteiger partial charge < -0.3 is 31.9 Å². The van der Waals surface area contributed by atoms with E-state index in [4.69, 9.17) is 9.73 Å². The van der Waals surface area contributed by atoms with Gasteiger partial charge >= 0.3 is 5.97 Å². The van der Waals surface area contributed by atoms with Crippen LogP contribution in [0.5, 0.6) is 0 Å². The zero-order valence-electron chi connectivity index (χ0n) is 26.6. The maximum atomic E-state index is 13.1. The van der Waals surface area contributed by atoms with Crippen LogP contribution in [0.4, 0.5) is 16.4 Å². The molecular weight excluding hydrogens is 608 g/mol. The summed E-state index contributed by atoms with van der Waals surface area (Å²) in [6, 6.07) is 10.5. The first-order chi connectivity index (χ1) is 19.7. The molecule has 1 fully saturated rings. The van der Waals surface area contributed by atoms with Gasteiger partial charge in [0.05, 0.1) is 55.6 Å². The fourth-order valence-electron chi connectivity index (χ4n) is 5.84. The number of anilines is 2. The summed E-state index contributed by atoms with van der Waals surface area (Å²) in [7, 11) is 2.21. The van der Waals surface area contributed by atoms with Crippen LogP contribution in [-0.2, 0) is 9.53 Å². The Morgan fingerprint density at radius 3 is 2.31 bits per heavy atom. The number of nitrogens with one attached hydrogen (secondary N) is 1. The second kappa shape index (κ2) is 16.2. The molecule has 3 heterocycles. The summed E-state index contributed by atoms with van der Waals surface area (Å²) in [6.07, 6.45) is 14.0. The van der Waals surface area contributed by atoms with Crippen molar-refractivity contribution in [2.24, 2.45) is 10.4 Å². The van der Waals surface area contributed by atoms with Gasteiger partial charge in [0, 0.05) is 4.88 Å². The number of aliphatic imine (C=N–C) groups is 1. The first-order valence-electron chi connectivity index (χ1n) is 16.0. The molecule has 0 amide bonds. The largest absolute Gasteiger partial charge is 1.00 e. The second-order valence-electron chi connectivity index (χ2n) is 13.1. The van der Waals surface area contributed by atoms with Gasteiger partial charge in [0.1, 0.15) is 10.8 Å². The van der Waals surface area contributed by atoms with Crippen molar-refractivity contribution in [3.63, 3.8) is 0 Å². The van der Waals surface area contributed by atoms with Gasteiger partial charge in [0.15, 0.2) is 0 Å². The van der Waals surface area contributed by atoms with Gasteiger partial charge in [-0.3, -0.25) is 9.28 Å². The van der Waals surface area contributed by atoms with Crippen LogP contribution < -0.4 is 22.3 Å². The summed E-state index contributed by atoms with van der Waals surface area (Å²) in [5, 5.41) is 4.77. The Morgan fingerprint density at radius 2 is 1.64 bits per heavy atom. The topological polar surface area (TPSA) is 53.9 Å². The average molecular weight is 662 g/mol. The molecule has 0 aliphatic carbocycles. The van der Waals surface area contributed by atoms with Gasteiger partial charge in [0.2, 0.25) is 6.73 Å². The molecule has 0 saturated carbocycles. The third-order valence-electron chi connectivity index (χ3n) is 8.81. The van der Waals surface area contributed by atoms with Crippen molar-refractivity contribution in [3.05, 3.63) is 40.8 Å². The number of quaternary nitrogens is 1. The minimum absolute atomic E-state index is 0. The highest BCUT2D eigenvalue weighted by Gasteiger charge is 2.36. The van der Waals surface area contributed by atoms with Gasteiger partial charge in [-0.05, 0) is 45.4 Å². The van der Waals surface area contributed by atoms with Crippen LogP contribution in [0.15, 0.2) is 35.3 Å². The smallest absolute Gasteiger partial charge is 0.315 e. The summed E-state index contributed by atoms with van der Waals surface area (Å²) in [5.41, 5.74) is 2.78. The van der Waals surface area contributed by atoms with Crippen LogP contribution in [0.25, 0.3) is 0 Å². The number of piperazine rings is 1. The van der Waals surface area contributed by atoms with E-state index < -0.39 is 5.41 Å². The molecule has 0 bridgehead atoms. The van der Waals surface area contributed by atoms with Crippen LogP contribution in [-0.4, -0.2) is 61.1 Å². The van der Waals surface area contributed by atoms with Crippen molar-refractivity contribution in [1.29, 1.82) is 0 Å². The quantitative estimate of drug-likeness (QED) is 0.158. The van der Waals surface area contributed by atoms with Crippen molar-refractivity contribution < 1.29 is 31.0 Å². The number of fused-ring (bicyclic) bond motifs is 2. The second-order valence-corrected chi connectivity index (χ2v) is 14.4. The van der Waals surface area contributed by atoms with E-state index in [1.165, 1.54) is 68.2 Å². The number of hydrogen-bond donors (Lipinski definition) is 1. The SMILES string of the molecule is CCCCCCCCCCCCC(C)(C)C(=O)OC[N+]1(C)CCN(C2=Nc3ccccc3Nc3sc(C)cc32)CC1.[Br-]. The number of halogens is 1. The van der Waals surface area contributed by atoms with Crippen LogP contribution in [0.1, 0.15) is 102 Å². The molecule has 1 N–H and O–H groups in total. The molecule has 0 atom stereocenters. The number of hydrogen-bond acceptors (Lipinski definition) is 6. The van der Waals surface area contributed by atoms with E-state index in [0.717, 1.165) is 65.7 Å². The monoisotopic (exact) mass is 660 g/mol. The van der Waals surface area contributed by atoms with Crippen LogP contribution in [0, 0.1) is 12.3 Å². The van der Waals surface area contributed by atoms with Gasteiger partial charge in [-0.2, -0.15) is 0 Å². The van der Waals surface area contributed by atoms with Crippen molar-refractivity contribution in [3.8, 4) is 0 Å². The number of para-hydroxylation sites is 2. The molecular formula is C34H53BrN4O2S. The highest BCUT2D eigenvalue weighted by Crippen LogP contribution is 2.39. The number of nitrogens with zero attached hydrogens (tertiary/aromatic N) is 3. The number of thiophene rings is 1. The first-order valence-corrected chi connectivity index (χ1v) is 16.8. The number of unbranched alkanes of at least 4 members (excludes halogenated alkanes) is 9. The molecule has 1 aromatic carbocycles. The Balaban J connectivity index is 0.00000484. The number of rotatable bonds is 14. The minimum atomic E-state index is -0.427. The van der Waals surface area contributed by atoms with E-state index >= 15 is 0 Å². The predicted octanol–water partition coefficient (Wildman–Crippen LogP) is 5.80. The maximum Gasteiger partial charge on any atom is 0.315 e. The van der Waals surface area contributed by atoms with E-state index in [9.17, 15) is 4.79 Å². The van der Waals surface area contributed by atoms with E-state index in [1.54, 1.807) is 11.3 Å². The van der Waals surface area contributed by atoms with E-state index in [2.05, 4.69) is 69.2 Å². The minimum Gasteiger partial charge on any atom is -1.00 e. The Bertz CT molecular complexity index is 1170. The van der Waals surface area contributed by atoms with Crippen molar-refractivity contribution in [2.45, 2.75) is 98.3 Å². The molecule has 8 heteroatoms. The molecule has 0 radical (unpaired) electrons. The number of carbonyl (C=O) groups is 1. The molecule has 2 aromatic rings. The fourth-order valence-corrected chi connectivity index (χ4v) is 6.76. The normalized spacial score (nSPS) is 15.9. The van der Waals surface area contributed by atoms with Gasteiger partial charge in [-0.15, -0.1) is 11.3 Å².